The summed E-state index contributed by atoms with van der Waals surface area (Å²) in [6.45, 7) is 0. The third-order valence-corrected chi connectivity index (χ3v) is 4.89. The number of methoxy groups -OCH3 is 1. The normalized spacial score (nSPS) is 23.8. The number of ether oxygens (including phenoxy) is 1. The molecular formula is C10H14N2O5S. The smallest absolute Gasteiger partial charge is 0.310 e. The van der Waals surface area contributed by atoms with Gasteiger partial charge in [0.2, 0.25) is 10.0 Å². The number of carbonyl (C=O) groups is 1. The molecule has 0 aliphatic heterocycles. The maximum atomic E-state index is 12.1. The van der Waals surface area contributed by atoms with Crippen LogP contribution < -0.4 is 4.72 Å². The molecule has 7 nitrogen and oxygen atoms in total. The van der Waals surface area contributed by atoms with Crippen molar-refractivity contribution in [3.63, 3.8) is 0 Å². The molecule has 1 fully saturated rings. The minimum atomic E-state index is -3.66. The molecule has 0 aromatic carbocycles. The molecule has 0 bridgehead atoms. The minimum absolute atomic E-state index is 0.116. The van der Waals surface area contributed by atoms with Gasteiger partial charge in [0.05, 0.1) is 18.3 Å². The Kier molecular flexibility index (Phi) is 3.55. The van der Waals surface area contributed by atoms with Gasteiger partial charge in [-0.15, -0.1) is 0 Å². The molecule has 2 unspecified atom stereocenters. The minimum Gasteiger partial charge on any atom is -0.469 e. The molecule has 1 aromatic heterocycles. The molecule has 2 atom stereocenters. The van der Waals surface area contributed by atoms with Crippen molar-refractivity contribution >= 4 is 21.8 Å². The molecule has 1 aliphatic rings. The van der Waals surface area contributed by atoms with Gasteiger partial charge in [0.15, 0.2) is 5.82 Å². The van der Waals surface area contributed by atoms with Crippen LogP contribution in [0, 0.1) is 5.92 Å². The number of carbonyl (C=O) groups excluding carboxylic acids is 1. The molecule has 1 saturated carbocycles. The summed E-state index contributed by atoms with van der Waals surface area (Å²) in [5.74, 6) is -0.979. The zero-order chi connectivity index (χ0) is 13.2. The van der Waals surface area contributed by atoms with Crippen molar-refractivity contribution in [1.29, 1.82) is 0 Å². The predicted octanol–water partition coefficient (Wildman–Crippen LogP) is 0.758. The molecule has 100 valence electrons. The van der Waals surface area contributed by atoms with Gasteiger partial charge in [0.25, 0.3) is 0 Å². The molecule has 0 saturated heterocycles. The number of aromatic nitrogens is 1. The van der Waals surface area contributed by atoms with E-state index in [-0.39, 0.29) is 5.82 Å². The standard InChI is InChI=1S/C10H14N2O5S/c1-16-10(13)7-3-2-4-8(7)18(14,15)12-9-5-6-17-11-9/h5-8H,2-4H2,1H3,(H,11,12). The van der Waals surface area contributed by atoms with Crippen LogP contribution in [0.3, 0.4) is 0 Å². The molecule has 8 heteroatoms. The van der Waals surface area contributed by atoms with E-state index in [1.54, 1.807) is 0 Å². The van der Waals surface area contributed by atoms with Gasteiger partial charge in [0, 0.05) is 6.07 Å². The van der Waals surface area contributed by atoms with Crippen LogP contribution in [0.15, 0.2) is 16.9 Å². The lowest BCUT2D eigenvalue weighted by molar-refractivity contribution is -0.145. The van der Waals surface area contributed by atoms with Crippen LogP contribution in [0.1, 0.15) is 19.3 Å². The summed E-state index contributed by atoms with van der Waals surface area (Å²) in [6.07, 6.45) is 2.92. The third-order valence-electron chi connectivity index (χ3n) is 3.04. The molecule has 2 rings (SSSR count). The number of nitrogens with one attached hydrogen (secondary N) is 1. The van der Waals surface area contributed by atoms with Crippen LogP contribution in [0.4, 0.5) is 5.82 Å². The van der Waals surface area contributed by atoms with Crippen molar-refractivity contribution in [2.45, 2.75) is 24.5 Å². The number of nitrogens with zero attached hydrogens (tertiary/aromatic N) is 1. The largest absolute Gasteiger partial charge is 0.469 e. The maximum absolute atomic E-state index is 12.1. The van der Waals surface area contributed by atoms with Gasteiger partial charge in [0.1, 0.15) is 6.26 Å². The highest BCUT2D eigenvalue weighted by Crippen LogP contribution is 2.32. The Morgan fingerprint density at radius 1 is 1.56 bits per heavy atom. The van der Waals surface area contributed by atoms with Crippen LogP contribution >= 0.6 is 0 Å². The summed E-state index contributed by atoms with van der Waals surface area (Å²) in [4.78, 5) is 11.5. The Bertz CT molecular complexity index is 510. The lowest BCUT2D eigenvalue weighted by atomic mass is 10.1. The second-order valence-corrected chi connectivity index (χ2v) is 6.03. The van der Waals surface area contributed by atoms with Crippen molar-refractivity contribution < 1.29 is 22.5 Å². The Morgan fingerprint density at radius 3 is 2.94 bits per heavy atom. The fraction of sp³-hybridized carbons (Fsp3) is 0.600. The van der Waals surface area contributed by atoms with E-state index in [9.17, 15) is 13.2 Å². The van der Waals surface area contributed by atoms with Gasteiger partial charge in [-0.25, -0.2) is 8.42 Å². The number of anilines is 1. The maximum Gasteiger partial charge on any atom is 0.310 e. The van der Waals surface area contributed by atoms with Gasteiger partial charge in [-0.3, -0.25) is 9.52 Å². The van der Waals surface area contributed by atoms with E-state index in [4.69, 9.17) is 0 Å². The fourth-order valence-corrected chi connectivity index (χ4v) is 3.91. The van der Waals surface area contributed by atoms with E-state index in [1.807, 2.05) is 0 Å². The summed E-state index contributed by atoms with van der Waals surface area (Å²) in [6, 6.07) is 1.40. The van der Waals surface area contributed by atoms with E-state index in [0.717, 1.165) is 0 Å². The second kappa shape index (κ2) is 4.97. The lowest BCUT2D eigenvalue weighted by Gasteiger charge is -2.17. The van der Waals surface area contributed by atoms with E-state index >= 15 is 0 Å². The highest BCUT2D eigenvalue weighted by Gasteiger charge is 2.42. The quantitative estimate of drug-likeness (QED) is 0.814. The van der Waals surface area contributed by atoms with Crippen molar-refractivity contribution in [1.82, 2.24) is 5.16 Å². The molecule has 1 aliphatic carbocycles. The summed E-state index contributed by atoms with van der Waals surface area (Å²) in [5, 5.41) is 2.71. The van der Waals surface area contributed by atoms with Crippen LogP contribution in [-0.4, -0.2) is 31.9 Å². The van der Waals surface area contributed by atoms with Gasteiger partial charge in [-0.2, -0.15) is 0 Å². The topological polar surface area (TPSA) is 98.5 Å². The van der Waals surface area contributed by atoms with Crippen molar-refractivity contribution in [3.05, 3.63) is 12.3 Å². The van der Waals surface area contributed by atoms with Gasteiger partial charge >= 0.3 is 5.97 Å². The molecule has 1 aromatic rings. The third kappa shape index (κ3) is 2.47. The van der Waals surface area contributed by atoms with Crippen LogP contribution in [0.25, 0.3) is 0 Å². The Hall–Kier alpha value is -1.57. The van der Waals surface area contributed by atoms with Crippen LogP contribution in [0.2, 0.25) is 0 Å². The van der Waals surface area contributed by atoms with E-state index < -0.39 is 27.2 Å². The van der Waals surface area contributed by atoms with Crippen LogP contribution in [-0.2, 0) is 19.6 Å². The fourth-order valence-electron chi connectivity index (χ4n) is 2.21. The van der Waals surface area contributed by atoms with Crippen molar-refractivity contribution in [2.75, 3.05) is 11.8 Å². The molecule has 18 heavy (non-hydrogen) atoms. The summed E-state index contributed by atoms with van der Waals surface area (Å²) >= 11 is 0. The van der Waals surface area contributed by atoms with Crippen molar-refractivity contribution in [2.24, 2.45) is 5.92 Å². The molecule has 0 spiro atoms. The first-order valence-electron chi connectivity index (χ1n) is 5.54. The first-order valence-corrected chi connectivity index (χ1v) is 7.09. The number of hydrogen-bond donors (Lipinski definition) is 1. The summed E-state index contributed by atoms with van der Waals surface area (Å²) in [5.41, 5.74) is 0. The summed E-state index contributed by atoms with van der Waals surface area (Å²) < 4.78 is 35.7. The van der Waals surface area contributed by atoms with Crippen LogP contribution in [0.5, 0.6) is 0 Å². The highest BCUT2D eigenvalue weighted by molar-refractivity contribution is 7.93. The molecule has 0 amide bonds. The lowest BCUT2D eigenvalue weighted by Crippen LogP contribution is -2.35. The van der Waals surface area contributed by atoms with Gasteiger partial charge in [-0.1, -0.05) is 11.6 Å². The number of esters is 1. The molecule has 0 radical (unpaired) electrons. The summed E-state index contributed by atoms with van der Waals surface area (Å²) in [7, 11) is -2.40. The predicted molar refractivity (Wildman–Crippen MR) is 62.2 cm³/mol. The van der Waals surface area contributed by atoms with E-state index in [1.165, 1.54) is 19.4 Å². The monoisotopic (exact) mass is 274 g/mol. The average Bonchev–Trinajstić information content (AvgIpc) is 2.97. The Morgan fingerprint density at radius 2 is 2.33 bits per heavy atom. The highest BCUT2D eigenvalue weighted by atomic mass is 32.2. The Balaban J connectivity index is 2.16. The van der Waals surface area contributed by atoms with Crippen molar-refractivity contribution in [3.8, 4) is 0 Å². The first kappa shape index (κ1) is 12.9. The molecular weight excluding hydrogens is 260 g/mol. The number of hydrogen-bond acceptors (Lipinski definition) is 6. The molecule has 1 heterocycles. The second-order valence-electron chi connectivity index (χ2n) is 4.13. The van der Waals surface area contributed by atoms with E-state index in [2.05, 4.69) is 19.1 Å². The van der Waals surface area contributed by atoms with Gasteiger partial charge in [-0.05, 0) is 12.8 Å². The van der Waals surface area contributed by atoms with Gasteiger partial charge < -0.3 is 9.26 Å². The zero-order valence-corrected chi connectivity index (χ0v) is 10.6. The van der Waals surface area contributed by atoms with E-state index in [0.29, 0.717) is 19.3 Å². The molecule has 1 N–H and O–H groups in total. The number of rotatable bonds is 4. The Labute approximate surface area is 105 Å². The average molecular weight is 274 g/mol. The number of sulfonamides is 1. The SMILES string of the molecule is COC(=O)C1CCCC1S(=O)(=O)Nc1ccon1. The first-order chi connectivity index (χ1) is 8.54. The zero-order valence-electron chi connectivity index (χ0n) is 9.83.